The van der Waals surface area contributed by atoms with E-state index in [0.717, 1.165) is 0 Å². The quantitative estimate of drug-likeness (QED) is 0.503. The molecule has 0 heterocycles. The Bertz CT molecular complexity index is 265. The van der Waals surface area contributed by atoms with Crippen LogP contribution in [0.5, 0.6) is 0 Å². The standard InChI is InChI=1S/C15H27.Ir/c1-13(2,3)10-11(14(4,5)6)12(10)15(7,8)9;/h1-9H3;/q-1;. The minimum absolute atomic E-state index is 0. The van der Waals surface area contributed by atoms with Gasteiger partial charge in [-0.3, -0.25) is 17.1 Å². The van der Waals surface area contributed by atoms with Crippen LogP contribution in [0.2, 0.25) is 0 Å². The molecule has 0 nitrogen and oxygen atoms in total. The second-order valence-electron chi connectivity index (χ2n) is 7.88. The molecule has 1 rings (SSSR count). The molecule has 0 amide bonds. The van der Waals surface area contributed by atoms with Crippen molar-refractivity contribution in [3.63, 3.8) is 0 Å². The second-order valence-corrected chi connectivity index (χ2v) is 7.88. The summed E-state index contributed by atoms with van der Waals surface area (Å²) in [6.07, 6.45) is 0. The molecular weight excluding hydrogens is 372 g/mol. The fraction of sp³-hybridized carbons (Fsp3) is 0.800. The van der Waals surface area contributed by atoms with Crippen molar-refractivity contribution in [2.75, 3.05) is 0 Å². The van der Waals surface area contributed by atoms with Crippen LogP contribution in [-0.4, -0.2) is 0 Å². The fourth-order valence-corrected chi connectivity index (χ4v) is 2.44. The van der Waals surface area contributed by atoms with Crippen LogP contribution in [0.15, 0.2) is 11.1 Å². The first-order valence-corrected chi connectivity index (χ1v) is 6.00. The average Bonchev–Trinajstić information content (AvgIpc) is 2.51. The Morgan fingerprint density at radius 1 is 0.625 bits per heavy atom. The molecule has 0 saturated heterocycles. The van der Waals surface area contributed by atoms with Gasteiger partial charge in [0.1, 0.15) is 0 Å². The van der Waals surface area contributed by atoms with E-state index >= 15 is 0 Å². The van der Waals surface area contributed by atoms with Gasteiger partial charge in [-0.2, -0.15) is 0 Å². The van der Waals surface area contributed by atoms with Crippen LogP contribution in [0.3, 0.4) is 0 Å². The zero-order valence-electron chi connectivity index (χ0n) is 12.3. The number of rotatable bonds is 0. The van der Waals surface area contributed by atoms with E-state index in [4.69, 9.17) is 0 Å². The van der Waals surface area contributed by atoms with Gasteiger partial charge in [-0.05, 0) is 0 Å². The molecular formula is C15H27Ir-. The van der Waals surface area contributed by atoms with Crippen molar-refractivity contribution in [3.05, 3.63) is 17.1 Å². The third-order valence-electron chi connectivity index (χ3n) is 2.94. The van der Waals surface area contributed by atoms with Crippen LogP contribution < -0.4 is 0 Å². The largest absolute Gasteiger partial charge is 0.253 e. The van der Waals surface area contributed by atoms with E-state index in [2.05, 4.69) is 62.3 Å². The van der Waals surface area contributed by atoms with Gasteiger partial charge in [0.2, 0.25) is 0 Å². The van der Waals surface area contributed by atoms with Crippen molar-refractivity contribution < 1.29 is 20.1 Å². The van der Waals surface area contributed by atoms with Crippen molar-refractivity contribution in [3.8, 4) is 0 Å². The first-order valence-electron chi connectivity index (χ1n) is 6.00. The molecule has 97 valence electrons. The monoisotopic (exact) mass is 400 g/mol. The summed E-state index contributed by atoms with van der Waals surface area (Å²) < 4.78 is 0. The molecule has 1 aliphatic carbocycles. The van der Waals surface area contributed by atoms with Crippen molar-refractivity contribution in [1.82, 2.24) is 0 Å². The average molecular weight is 400 g/mol. The Morgan fingerprint density at radius 2 is 0.875 bits per heavy atom. The van der Waals surface area contributed by atoms with Crippen molar-refractivity contribution in [2.24, 2.45) is 16.2 Å². The maximum absolute atomic E-state index is 2.33. The molecule has 0 saturated carbocycles. The number of allylic oxidation sites excluding steroid dienone is 2. The molecule has 1 aliphatic rings. The molecule has 0 bridgehead atoms. The Morgan fingerprint density at radius 3 is 0.938 bits per heavy atom. The number of hydrogen-bond donors (Lipinski definition) is 0. The van der Waals surface area contributed by atoms with E-state index in [1.807, 2.05) is 0 Å². The molecule has 0 atom stereocenters. The third-order valence-corrected chi connectivity index (χ3v) is 2.94. The van der Waals surface area contributed by atoms with E-state index in [1.54, 1.807) is 17.1 Å². The maximum Gasteiger partial charge on any atom is 0 e. The van der Waals surface area contributed by atoms with E-state index in [1.165, 1.54) is 0 Å². The molecule has 0 aliphatic heterocycles. The summed E-state index contributed by atoms with van der Waals surface area (Å²) >= 11 is 0. The summed E-state index contributed by atoms with van der Waals surface area (Å²) in [6, 6.07) is 0. The summed E-state index contributed by atoms with van der Waals surface area (Å²) in [7, 11) is 0. The van der Waals surface area contributed by atoms with Gasteiger partial charge in [0, 0.05) is 20.1 Å². The van der Waals surface area contributed by atoms with Crippen LogP contribution >= 0.6 is 0 Å². The van der Waals surface area contributed by atoms with Gasteiger partial charge in [0.25, 0.3) is 0 Å². The normalized spacial score (nSPS) is 17.4. The molecule has 1 radical (unpaired) electrons. The van der Waals surface area contributed by atoms with Gasteiger partial charge in [0.05, 0.1) is 0 Å². The Labute approximate surface area is 116 Å². The van der Waals surface area contributed by atoms with Crippen molar-refractivity contribution in [2.45, 2.75) is 62.3 Å². The molecule has 0 spiro atoms. The molecule has 0 aromatic heterocycles. The van der Waals surface area contributed by atoms with Crippen LogP contribution in [0.4, 0.5) is 0 Å². The summed E-state index contributed by atoms with van der Waals surface area (Å²) in [5.74, 6) is 1.63. The van der Waals surface area contributed by atoms with E-state index in [-0.39, 0.29) is 20.1 Å². The Kier molecular flexibility index (Phi) is 4.24. The Balaban J connectivity index is 0.00000225. The number of hydrogen-bond acceptors (Lipinski definition) is 0. The van der Waals surface area contributed by atoms with Crippen molar-refractivity contribution >= 4 is 0 Å². The van der Waals surface area contributed by atoms with E-state index in [0.29, 0.717) is 16.2 Å². The summed E-state index contributed by atoms with van der Waals surface area (Å²) in [6.45, 7) is 20.9. The van der Waals surface area contributed by atoms with Crippen LogP contribution in [0.1, 0.15) is 62.3 Å². The van der Waals surface area contributed by atoms with Crippen LogP contribution in [0.25, 0.3) is 0 Å². The smallest absolute Gasteiger partial charge is 0 e. The van der Waals surface area contributed by atoms with Gasteiger partial charge in [0.15, 0.2) is 0 Å². The second kappa shape index (κ2) is 4.18. The zero-order chi connectivity index (χ0) is 12.2. The molecule has 0 aromatic rings. The maximum atomic E-state index is 2.33. The van der Waals surface area contributed by atoms with E-state index in [9.17, 15) is 0 Å². The van der Waals surface area contributed by atoms with Gasteiger partial charge in [-0.25, -0.2) is 0 Å². The van der Waals surface area contributed by atoms with Gasteiger partial charge >= 0.3 is 0 Å². The van der Waals surface area contributed by atoms with Gasteiger partial charge in [-0.15, -0.1) is 0 Å². The molecule has 0 fully saturated rings. The van der Waals surface area contributed by atoms with Gasteiger partial charge < -0.3 is 0 Å². The molecule has 0 aromatic carbocycles. The van der Waals surface area contributed by atoms with Crippen molar-refractivity contribution in [1.29, 1.82) is 0 Å². The first-order chi connectivity index (χ1) is 6.37. The fourth-order valence-electron chi connectivity index (χ4n) is 2.44. The summed E-state index contributed by atoms with van der Waals surface area (Å²) in [5, 5.41) is 0. The third kappa shape index (κ3) is 3.14. The predicted molar refractivity (Wildman–Crippen MR) is 68.6 cm³/mol. The van der Waals surface area contributed by atoms with Crippen LogP contribution in [0, 0.1) is 22.2 Å². The van der Waals surface area contributed by atoms with Crippen LogP contribution in [-0.2, 0) is 20.1 Å². The minimum Gasteiger partial charge on any atom is -0.253 e. The minimum atomic E-state index is 0. The molecule has 0 N–H and O–H groups in total. The zero-order valence-corrected chi connectivity index (χ0v) is 14.7. The van der Waals surface area contributed by atoms with E-state index < -0.39 is 0 Å². The first kappa shape index (κ1) is 16.3. The summed E-state index contributed by atoms with van der Waals surface area (Å²) in [5.41, 5.74) is 4.19. The predicted octanol–water partition coefficient (Wildman–Crippen LogP) is 5.01. The van der Waals surface area contributed by atoms with Gasteiger partial charge in [-0.1, -0.05) is 78.6 Å². The Hall–Kier alpha value is 0.259. The molecule has 1 heteroatoms. The molecule has 16 heavy (non-hydrogen) atoms. The summed E-state index contributed by atoms with van der Waals surface area (Å²) in [4.78, 5) is 0. The molecule has 0 unspecified atom stereocenters. The SMILES string of the molecule is CC(C)(C)C1=C(C(C)(C)C)[C-]1C(C)(C)C.[Ir]. The topological polar surface area (TPSA) is 0 Å².